The van der Waals surface area contributed by atoms with Gasteiger partial charge in [0.05, 0.1) is 4.92 Å². The van der Waals surface area contributed by atoms with Crippen LogP contribution in [0.4, 0.5) is 5.69 Å². The SMILES string of the molecule is O=C(Cn1cc([N+](=O)[O-])cn1)N1CCC(Cc2ccccc2)CC1. The van der Waals surface area contributed by atoms with Gasteiger partial charge in [-0.15, -0.1) is 0 Å². The summed E-state index contributed by atoms with van der Waals surface area (Å²) in [7, 11) is 0. The Labute approximate surface area is 140 Å². The first-order chi connectivity index (χ1) is 11.6. The van der Waals surface area contributed by atoms with E-state index in [9.17, 15) is 14.9 Å². The monoisotopic (exact) mass is 328 g/mol. The fourth-order valence-electron chi connectivity index (χ4n) is 3.11. The highest BCUT2D eigenvalue weighted by molar-refractivity contribution is 5.76. The van der Waals surface area contributed by atoms with Crippen LogP contribution >= 0.6 is 0 Å². The lowest BCUT2D eigenvalue weighted by atomic mass is 9.90. The van der Waals surface area contributed by atoms with Gasteiger partial charge in [-0.3, -0.25) is 19.6 Å². The molecule has 1 aliphatic rings. The topological polar surface area (TPSA) is 81.3 Å². The Morgan fingerprint density at radius 3 is 2.58 bits per heavy atom. The van der Waals surface area contributed by atoms with Crippen LogP contribution in [0.1, 0.15) is 18.4 Å². The molecule has 0 spiro atoms. The van der Waals surface area contributed by atoms with Crippen LogP contribution < -0.4 is 0 Å². The number of rotatable bonds is 5. The number of aromatic nitrogens is 2. The molecule has 7 nitrogen and oxygen atoms in total. The lowest BCUT2D eigenvalue weighted by molar-refractivity contribution is -0.385. The molecule has 1 aromatic carbocycles. The summed E-state index contributed by atoms with van der Waals surface area (Å²) in [6, 6.07) is 10.4. The molecule has 0 radical (unpaired) electrons. The second-order valence-corrected chi connectivity index (χ2v) is 6.17. The van der Waals surface area contributed by atoms with E-state index < -0.39 is 4.92 Å². The molecule has 1 aromatic heterocycles. The maximum atomic E-state index is 12.3. The van der Waals surface area contributed by atoms with Crippen molar-refractivity contribution in [3.8, 4) is 0 Å². The van der Waals surface area contributed by atoms with Gasteiger partial charge in [-0.2, -0.15) is 5.10 Å². The Morgan fingerprint density at radius 1 is 1.25 bits per heavy atom. The first-order valence-electron chi connectivity index (χ1n) is 8.10. The van der Waals surface area contributed by atoms with E-state index in [2.05, 4.69) is 29.4 Å². The van der Waals surface area contributed by atoms with Gasteiger partial charge in [0.25, 0.3) is 0 Å². The summed E-state index contributed by atoms with van der Waals surface area (Å²) in [5.74, 6) is 0.563. The second-order valence-electron chi connectivity index (χ2n) is 6.17. The fourth-order valence-corrected chi connectivity index (χ4v) is 3.11. The van der Waals surface area contributed by atoms with Crippen molar-refractivity contribution in [1.29, 1.82) is 0 Å². The van der Waals surface area contributed by atoms with Gasteiger partial charge in [-0.1, -0.05) is 30.3 Å². The molecule has 0 saturated carbocycles. The number of nitrogens with zero attached hydrogens (tertiary/aromatic N) is 4. The van der Waals surface area contributed by atoms with Crippen molar-refractivity contribution < 1.29 is 9.72 Å². The van der Waals surface area contributed by atoms with Gasteiger partial charge in [0.2, 0.25) is 5.91 Å². The predicted molar refractivity (Wildman–Crippen MR) is 88.3 cm³/mol. The lowest BCUT2D eigenvalue weighted by Gasteiger charge is -2.32. The molecule has 3 rings (SSSR count). The average Bonchev–Trinajstić information content (AvgIpc) is 3.05. The largest absolute Gasteiger partial charge is 0.341 e. The minimum atomic E-state index is -0.511. The summed E-state index contributed by atoms with van der Waals surface area (Å²) in [4.78, 5) is 24.3. The Balaban J connectivity index is 1.48. The van der Waals surface area contributed by atoms with Crippen molar-refractivity contribution in [2.45, 2.75) is 25.8 Å². The first kappa shape index (κ1) is 16.2. The number of piperidine rings is 1. The maximum absolute atomic E-state index is 12.3. The summed E-state index contributed by atoms with van der Waals surface area (Å²) in [5, 5.41) is 14.5. The van der Waals surface area contributed by atoms with E-state index in [1.165, 1.54) is 22.6 Å². The van der Waals surface area contributed by atoms with Gasteiger partial charge in [-0.05, 0) is 30.7 Å². The molecule has 0 atom stereocenters. The van der Waals surface area contributed by atoms with Crippen LogP contribution in [-0.2, 0) is 17.8 Å². The van der Waals surface area contributed by atoms with Crippen molar-refractivity contribution in [1.82, 2.24) is 14.7 Å². The van der Waals surface area contributed by atoms with Crippen LogP contribution in [-0.4, -0.2) is 38.6 Å². The van der Waals surface area contributed by atoms with Gasteiger partial charge in [0, 0.05) is 13.1 Å². The Hall–Kier alpha value is -2.70. The lowest BCUT2D eigenvalue weighted by Crippen LogP contribution is -2.40. The normalized spacial score (nSPS) is 15.4. The molecule has 24 heavy (non-hydrogen) atoms. The zero-order valence-electron chi connectivity index (χ0n) is 13.4. The maximum Gasteiger partial charge on any atom is 0.307 e. The molecule has 2 aromatic rings. The minimum Gasteiger partial charge on any atom is -0.341 e. The van der Waals surface area contributed by atoms with Crippen molar-refractivity contribution in [2.24, 2.45) is 5.92 Å². The van der Waals surface area contributed by atoms with Crippen molar-refractivity contribution in [3.05, 3.63) is 58.4 Å². The molecule has 0 N–H and O–H groups in total. The van der Waals surface area contributed by atoms with Crippen LogP contribution in [0, 0.1) is 16.0 Å². The van der Waals surface area contributed by atoms with Crippen LogP contribution in [0.5, 0.6) is 0 Å². The fraction of sp³-hybridized carbons (Fsp3) is 0.412. The highest BCUT2D eigenvalue weighted by Gasteiger charge is 2.23. The highest BCUT2D eigenvalue weighted by Crippen LogP contribution is 2.22. The van der Waals surface area contributed by atoms with Gasteiger partial charge in [0.1, 0.15) is 18.9 Å². The van der Waals surface area contributed by atoms with E-state index in [0.29, 0.717) is 5.92 Å². The molecule has 1 aliphatic heterocycles. The van der Waals surface area contributed by atoms with E-state index in [0.717, 1.165) is 32.4 Å². The van der Waals surface area contributed by atoms with E-state index >= 15 is 0 Å². The zero-order valence-corrected chi connectivity index (χ0v) is 13.4. The molecule has 1 fully saturated rings. The number of carbonyl (C=O) groups excluding carboxylic acids is 1. The number of carbonyl (C=O) groups is 1. The van der Waals surface area contributed by atoms with E-state index in [1.54, 1.807) is 0 Å². The number of amides is 1. The van der Waals surface area contributed by atoms with Crippen LogP contribution in [0.25, 0.3) is 0 Å². The third-order valence-electron chi connectivity index (χ3n) is 4.46. The van der Waals surface area contributed by atoms with Crippen LogP contribution in [0.15, 0.2) is 42.7 Å². The number of hydrogen-bond acceptors (Lipinski definition) is 4. The zero-order chi connectivity index (χ0) is 16.9. The summed E-state index contributed by atoms with van der Waals surface area (Å²) >= 11 is 0. The average molecular weight is 328 g/mol. The van der Waals surface area contributed by atoms with Crippen molar-refractivity contribution >= 4 is 11.6 Å². The molecule has 0 bridgehead atoms. The van der Waals surface area contributed by atoms with E-state index in [4.69, 9.17) is 0 Å². The summed E-state index contributed by atoms with van der Waals surface area (Å²) < 4.78 is 1.33. The van der Waals surface area contributed by atoms with Crippen LogP contribution in [0.3, 0.4) is 0 Å². The van der Waals surface area contributed by atoms with Crippen LogP contribution in [0.2, 0.25) is 0 Å². The molecule has 1 saturated heterocycles. The summed E-state index contributed by atoms with van der Waals surface area (Å²) in [6.07, 6.45) is 5.48. The first-order valence-corrected chi connectivity index (χ1v) is 8.10. The molecule has 0 unspecified atom stereocenters. The summed E-state index contributed by atoms with van der Waals surface area (Å²) in [5.41, 5.74) is 1.25. The highest BCUT2D eigenvalue weighted by atomic mass is 16.6. The Morgan fingerprint density at radius 2 is 1.96 bits per heavy atom. The van der Waals surface area contributed by atoms with Gasteiger partial charge in [0.15, 0.2) is 0 Å². The van der Waals surface area contributed by atoms with Crippen molar-refractivity contribution in [2.75, 3.05) is 13.1 Å². The van der Waals surface area contributed by atoms with E-state index in [1.807, 2.05) is 11.0 Å². The molecular formula is C17H20N4O3. The number of nitro groups is 1. The Kier molecular flexibility index (Phi) is 4.88. The van der Waals surface area contributed by atoms with E-state index in [-0.39, 0.29) is 18.1 Å². The quantitative estimate of drug-likeness (QED) is 0.623. The number of hydrogen-bond donors (Lipinski definition) is 0. The van der Waals surface area contributed by atoms with Gasteiger partial charge >= 0.3 is 5.69 Å². The second kappa shape index (κ2) is 7.25. The molecule has 7 heteroatoms. The number of benzene rings is 1. The summed E-state index contributed by atoms with van der Waals surface area (Å²) in [6.45, 7) is 1.52. The smallest absolute Gasteiger partial charge is 0.307 e. The third kappa shape index (κ3) is 3.98. The van der Waals surface area contributed by atoms with Gasteiger partial charge in [-0.25, -0.2) is 0 Å². The number of likely N-dealkylation sites (tertiary alicyclic amines) is 1. The molecular weight excluding hydrogens is 308 g/mol. The molecule has 0 aliphatic carbocycles. The molecule has 1 amide bonds. The standard InChI is InChI=1S/C17H20N4O3/c22-17(13-20-12-16(11-18-20)21(23)24)19-8-6-15(7-9-19)10-14-4-2-1-3-5-14/h1-5,11-12,15H,6-10,13H2. The van der Waals surface area contributed by atoms with Crippen molar-refractivity contribution in [3.63, 3.8) is 0 Å². The van der Waals surface area contributed by atoms with Gasteiger partial charge < -0.3 is 4.90 Å². The minimum absolute atomic E-state index is 0.0360. The predicted octanol–water partition coefficient (Wildman–Crippen LogP) is 2.27. The molecule has 126 valence electrons. The third-order valence-corrected chi connectivity index (χ3v) is 4.46. The molecule has 2 heterocycles. The Bertz CT molecular complexity index is 706.